The Morgan fingerprint density at radius 2 is 1.63 bits per heavy atom. The summed E-state index contributed by atoms with van der Waals surface area (Å²) >= 11 is 5.75. The van der Waals surface area contributed by atoms with Crippen molar-refractivity contribution in [1.82, 2.24) is 5.32 Å². The number of hydrogen-bond donors (Lipinski definition) is 2. The van der Waals surface area contributed by atoms with Gasteiger partial charge in [0, 0.05) is 29.2 Å². The fourth-order valence-electron chi connectivity index (χ4n) is 2.12. The van der Waals surface area contributed by atoms with Gasteiger partial charge in [-0.15, -0.1) is 13.2 Å². The van der Waals surface area contributed by atoms with Crippen LogP contribution in [0.25, 0.3) is 0 Å². The zero-order valence-electron chi connectivity index (χ0n) is 14.0. The molecule has 2 aromatic carbocycles. The summed E-state index contributed by atoms with van der Waals surface area (Å²) in [6, 6.07) is 11.2. The van der Waals surface area contributed by atoms with Crippen molar-refractivity contribution in [2.75, 3.05) is 11.9 Å². The molecule has 0 heterocycles. The molecule has 2 amide bonds. The third-order valence-electron chi connectivity index (χ3n) is 3.34. The van der Waals surface area contributed by atoms with Gasteiger partial charge in [-0.1, -0.05) is 11.6 Å². The van der Waals surface area contributed by atoms with E-state index in [1.54, 1.807) is 24.3 Å². The van der Waals surface area contributed by atoms with Crippen molar-refractivity contribution in [3.8, 4) is 5.75 Å². The Hall–Kier alpha value is -2.74. The lowest BCUT2D eigenvalue weighted by Gasteiger charge is -2.10. The molecule has 0 aliphatic carbocycles. The highest BCUT2D eigenvalue weighted by molar-refractivity contribution is 6.30. The number of halogens is 4. The van der Waals surface area contributed by atoms with Crippen molar-refractivity contribution >= 4 is 29.1 Å². The first-order valence-corrected chi connectivity index (χ1v) is 8.30. The molecule has 0 atom stereocenters. The van der Waals surface area contributed by atoms with E-state index in [1.165, 1.54) is 12.1 Å². The monoisotopic (exact) mass is 400 g/mol. The molecule has 0 aromatic heterocycles. The number of benzene rings is 2. The minimum Gasteiger partial charge on any atom is -0.406 e. The molecule has 0 saturated carbocycles. The number of anilines is 1. The zero-order chi connectivity index (χ0) is 19.9. The first-order chi connectivity index (χ1) is 12.7. The minimum absolute atomic E-state index is 0.141. The maximum Gasteiger partial charge on any atom is 0.573 e. The smallest absolute Gasteiger partial charge is 0.406 e. The molecule has 0 bridgehead atoms. The van der Waals surface area contributed by atoms with Gasteiger partial charge in [-0.25, -0.2) is 0 Å². The normalized spacial score (nSPS) is 11.0. The summed E-state index contributed by atoms with van der Waals surface area (Å²) in [6.45, 7) is 0.299. The summed E-state index contributed by atoms with van der Waals surface area (Å²) in [6.07, 6.45) is -4.22. The summed E-state index contributed by atoms with van der Waals surface area (Å²) in [5, 5.41) is 5.77. The van der Waals surface area contributed by atoms with Gasteiger partial charge in [0.25, 0.3) is 5.91 Å². The quantitative estimate of drug-likeness (QED) is 0.677. The maximum absolute atomic E-state index is 12.1. The van der Waals surface area contributed by atoms with E-state index >= 15 is 0 Å². The molecular weight excluding hydrogens is 385 g/mol. The summed E-state index contributed by atoms with van der Waals surface area (Å²) in [7, 11) is 0. The molecule has 2 aromatic rings. The van der Waals surface area contributed by atoms with Crippen LogP contribution in [-0.4, -0.2) is 24.7 Å². The van der Waals surface area contributed by atoms with E-state index in [9.17, 15) is 22.8 Å². The fraction of sp³-hybridized carbons (Fsp3) is 0.222. The predicted molar refractivity (Wildman–Crippen MR) is 94.8 cm³/mol. The van der Waals surface area contributed by atoms with Crippen LogP contribution in [0.2, 0.25) is 5.02 Å². The summed E-state index contributed by atoms with van der Waals surface area (Å²) < 4.78 is 40.0. The summed E-state index contributed by atoms with van der Waals surface area (Å²) in [5.41, 5.74) is 0.810. The van der Waals surface area contributed by atoms with Crippen LogP contribution in [0, 0.1) is 0 Å². The fourth-order valence-corrected chi connectivity index (χ4v) is 2.24. The lowest BCUT2D eigenvalue weighted by molar-refractivity contribution is -0.274. The summed E-state index contributed by atoms with van der Waals surface area (Å²) in [5.74, 6) is -0.960. The SMILES string of the molecule is O=C(CCCNC(=O)c1ccc(Cl)cc1)Nc1ccc(OC(F)(F)F)cc1. The molecule has 27 heavy (non-hydrogen) atoms. The Balaban J connectivity index is 1.70. The molecule has 0 saturated heterocycles. The molecule has 5 nitrogen and oxygen atoms in total. The molecule has 2 N–H and O–H groups in total. The van der Waals surface area contributed by atoms with Crippen molar-refractivity contribution in [2.45, 2.75) is 19.2 Å². The highest BCUT2D eigenvalue weighted by Crippen LogP contribution is 2.24. The Bertz CT molecular complexity index is 778. The second kappa shape index (κ2) is 9.27. The van der Waals surface area contributed by atoms with E-state index in [-0.39, 0.29) is 24.0 Å². The number of hydrogen-bond acceptors (Lipinski definition) is 3. The minimum atomic E-state index is -4.76. The molecule has 0 spiro atoms. The average molecular weight is 401 g/mol. The van der Waals surface area contributed by atoms with E-state index < -0.39 is 6.36 Å². The Kier molecular flexibility index (Phi) is 7.06. The van der Waals surface area contributed by atoms with E-state index in [4.69, 9.17) is 11.6 Å². The van der Waals surface area contributed by atoms with E-state index in [0.29, 0.717) is 29.2 Å². The van der Waals surface area contributed by atoms with Crippen LogP contribution < -0.4 is 15.4 Å². The highest BCUT2D eigenvalue weighted by atomic mass is 35.5. The predicted octanol–water partition coefficient (Wildman–Crippen LogP) is 4.39. The van der Waals surface area contributed by atoms with Gasteiger partial charge in [-0.2, -0.15) is 0 Å². The topological polar surface area (TPSA) is 67.4 Å². The first kappa shape index (κ1) is 20.6. The number of ether oxygens (including phenoxy) is 1. The number of amides is 2. The number of rotatable bonds is 7. The molecule has 0 fully saturated rings. The number of carbonyl (C=O) groups is 2. The van der Waals surface area contributed by atoms with Crippen molar-refractivity contribution in [3.63, 3.8) is 0 Å². The van der Waals surface area contributed by atoms with Gasteiger partial charge in [0.15, 0.2) is 0 Å². The molecule has 144 valence electrons. The van der Waals surface area contributed by atoms with Crippen LogP contribution in [-0.2, 0) is 4.79 Å². The van der Waals surface area contributed by atoms with Gasteiger partial charge in [0.05, 0.1) is 0 Å². The van der Waals surface area contributed by atoms with Crippen molar-refractivity contribution < 1.29 is 27.5 Å². The summed E-state index contributed by atoms with van der Waals surface area (Å²) in [4.78, 5) is 23.7. The third-order valence-corrected chi connectivity index (χ3v) is 3.60. The van der Waals surface area contributed by atoms with E-state index in [1.807, 2.05) is 0 Å². The van der Waals surface area contributed by atoms with Crippen LogP contribution in [0.5, 0.6) is 5.75 Å². The van der Waals surface area contributed by atoms with Gasteiger partial charge in [-0.05, 0) is 55.0 Å². The lowest BCUT2D eigenvalue weighted by Crippen LogP contribution is -2.25. The van der Waals surface area contributed by atoms with Gasteiger partial charge in [0.2, 0.25) is 5.91 Å². The molecule has 0 unspecified atom stereocenters. The highest BCUT2D eigenvalue weighted by Gasteiger charge is 2.30. The van der Waals surface area contributed by atoms with Crippen molar-refractivity contribution in [1.29, 1.82) is 0 Å². The standard InChI is InChI=1S/C18H16ClF3N2O3/c19-13-5-3-12(4-6-13)17(26)23-11-1-2-16(25)24-14-7-9-15(10-8-14)27-18(20,21)22/h3-10H,1-2,11H2,(H,23,26)(H,24,25). The van der Waals surface area contributed by atoms with E-state index in [0.717, 1.165) is 12.1 Å². The Morgan fingerprint density at radius 3 is 2.22 bits per heavy atom. The molecule has 0 aliphatic rings. The number of alkyl halides is 3. The van der Waals surface area contributed by atoms with Crippen molar-refractivity contribution in [2.24, 2.45) is 0 Å². The third kappa shape index (κ3) is 7.57. The van der Waals surface area contributed by atoms with Gasteiger partial charge >= 0.3 is 6.36 Å². The van der Waals surface area contributed by atoms with Gasteiger partial charge < -0.3 is 15.4 Å². The van der Waals surface area contributed by atoms with Crippen molar-refractivity contribution in [3.05, 3.63) is 59.1 Å². The van der Waals surface area contributed by atoms with Crippen LogP contribution >= 0.6 is 11.6 Å². The number of nitrogens with one attached hydrogen (secondary N) is 2. The van der Waals surface area contributed by atoms with Gasteiger partial charge in [-0.3, -0.25) is 9.59 Å². The van der Waals surface area contributed by atoms with Gasteiger partial charge in [0.1, 0.15) is 5.75 Å². The maximum atomic E-state index is 12.1. The second-order valence-electron chi connectivity index (χ2n) is 5.49. The Labute approximate surface area is 158 Å². The molecule has 9 heteroatoms. The number of carbonyl (C=O) groups excluding carboxylic acids is 2. The molecule has 2 rings (SSSR count). The molecule has 0 aliphatic heterocycles. The van der Waals surface area contributed by atoms with Crippen LogP contribution in [0.4, 0.5) is 18.9 Å². The van der Waals surface area contributed by atoms with Crippen LogP contribution in [0.15, 0.2) is 48.5 Å². The lowest BCUT2D eigenvalue weighted by atomic mass is 10.2. The Morgan fingerprint density at radius 1 is 1.00 bits per heavy atom. The first-order valence-electron chi connectivity index (χ1n) is 7.92. The average Bonchev–Trinajstić information content (AvgIpc) is 2.59. The largest absolute Gasteiger partial charge is 0.573 e. The van der Waals surface area contributed by atoms with Crippen LogP contribution in [0.3, 0.4) is 0 Å². The van der Waals surface area contributed by atoms with E-state index in [2.05, 4.69) is 15.4 Å². The second-order valence-corrected chi connectivity index (χ2v) is 5.92. The molecule has 0 radical (unpaired) electrons. The molecular formula is C18H16ClF3N2O3. The van der Waals surface area contributed by atoms with Crippen LogP contribution in [0.1, 0.15) is 23.2 Å². The zero-order valence-corrected chi connectivity index (χ0v) is 14.7.